The largest absolute Gasteiger partial charge is 0.339 e. The molecule has 0 bridgehead atoms. The number of carbonyl (C=O) groups excluding carboxylic acids is 2. The van der Waals surface area contributed by atoms with E-state index in [9.17, 15) is 9.59 Å². The van der Waals surface area contributed by atoms with Gasteiger partial charge in [-0.25, -0.2) is 0 Å². The second kappa shape index (κ2) is 8.50. The Bertz CT molecular complexity index is 579. The number of piperazine rings is 1. The maximum absolute atomic E-state index is 12.5. The molecule has 138 valence electrons. The summed E-state index contributed by atoms with van der Waals surface area (Å²) in [7, 11) is 0. The Morgan fingerprint density at radius 3 is 1.92 bits per heavy atom. The molecular weight excluding hydrogens is 312 g/mol. The highest BCUT2D eigenvalue weighted by molar-refractivity contribution is 5.80. The van der Waals surface area contributed by atoms with Crippen molar-refractivity contribution in [3.63, 3.8) is 0 Å². The van der Waals surface area contributed by atoms with Gasteiger partial charge in [0.15, 0.2) is 0 Å². The van der Waals surface area contributed by atoms with E-state index >= 15 is 0 Å². The van der Waals surface area contributed by atoms with Gasteiger partial charge in [-0.1, -0.05) is 58.4 Å². The number of carbonyl (C=O) groups is 2. The quantitative estimate of drug-likeness (QED) is 0.821. The Kier molecular flexibility index (Phi) is 6.63. The summed E-state index contributed by atoms with van der Waals surface area (Å²) in [4.78, 5) is 28.4. The standard InChI is InChI=1S/C21H32N2O2/c1-5-6-7-19(24)22-12-14-23(15-13-22)20(25)16-17-8-10-18(11-9-17)21(2,3)4/h8-11H,5-7,12-16H2,1-4H3. The molecule has 2 amide bonds. The first kappa shape index (κ1) is 19.5. The van der Waals surface area contributed by atoms with Gasteiger partial charge in [-0.2, -0.15) is 0 Å². The topological polar surface area (TPSA) is 40.6 Å². The van der Waals surface area contributed by atoms with E-state index in [1.807, 2.05) is 9.80 Å². The van der Waals surface area contributed by atoms with Crippen LogP contribution in [0.25, 0.3) is 0 Å². The zero-order chi connectivity index (χ0) is 18.4. The van der Waals surface area contributed by atoms with E-state index in [1.54, 1.807) is 0 Å². The van der Waals surface area contributed by atoms with Gasteiger partial charge in [-0.15, -0.1) is 0 Å². The summed E-state index contributed by atoms with van der Waals surface area (Å²) in [6.07, 6.45) is 3.06. The monoisotopic (exact) mass is 344 g/mol. The second-order valence-electron chi connectivity index (χ2n) is 7.99. The van der Waals surface area contributed by atoms with Crippen molar-refractivity contribution in [3.8, 4) is 0 Å². The third-order valence-electron chi connectivity index (χ3n) is 4.90. The van der Waals surface area contributed by atoms with Crippen LogP contribution in [0.5, 0.6) is 0 Å². The number of amides is 2. The van der Waals surface area contributed by atoms with E-state index in [4.69, 9.17) is 0 Å². The Balaban J connectivity index is 1.83. The summed E-state index contributed by atoms with van der Waals surface area (Å²) in [6, 6.07) is 8.35. The Morgan fingerprint density at radius 2 is 1.44 bits per heavy atom. The first-order valence-electron chi connectivity index (χ1n) is 9.46. The predicted molar refractivity (Wildman–Crippen MR) is 102 cm³/mol. The van der Waals surface area contributed by atoms with Crippen LogP contribution in [-0.2, 0) is 21.4 Å². The van der Waals surface area contributed by atoms with Crippen molar-refractivity contribution in [2.75, 3.05) is 26.2 Å². The van der Waals surface area contributed by atoms with Crippen LogP contribution < -0.4 is 0 Å². The van der Waals surface area contributed by atoms with Crippen LogP contribution in [0.15, 0.2) is 24.3 Å². The van der Waals surface area contributed by atoms with E-state index in [-0.39, 0.29) is 17.2 Å². The molecule has 1 aliphatic rings. The maximum Gasteiger partial charge on any atom is 0.227 e. The van der Waals surface area contributed by atoms with Crippen molar-refractivity contribution < 1.29 is 9.59 Å². The minimum atomic E-state index is 0.128. The summed E-state index contributed by atoms with van der Waals surface area (Å²) in [5.41, 5.74) is 2.46. The SMILES string of the molecule is CCCCC(=O)N1CCN(C(=O)Cc2ccc(C(C)(C)C)cc2)CC1. The van der Waals surface area contributed by atoms with Crippen LogP contribution >= 0.6 is 0 Å². The molecule has 0 atom stereocenters. The number of benzene rings is 1. The zero-order valence-electron chi connectivity index (χ0n) is 16.2. The zero-order valence-corrected chi connectivity index (χ0v) is 16.2. The summed E-state index contributed by atoms with van der Waals surface area (Å²) in [6.45, 7) is 11.3. The van der Waals surface area contributed by atoms with Crippen LogP contribution in [-0.4, -0.2) is 47.8 Å². The lowest BCUT2D eigenvalue weighted by molar-refractivity contribution is -0.139. The molecule has 0 aliphatic carbocycles. The highest BCUT2D eigenvalue weighted by atomic mass is 16.2. The van der Waals surface area contributed by atoms with Gasteiger partial charge in [0.1, 0.15) is 0 Å². The molecule has 1 heterocycles. The molecule has 25 heavy (non-hydrogen) atoms. The predicted octanol–water partition coefficient (Wildman–Crippen LogP) is 3.39. The molecule has 4 heteroatoms. The lowest BCUT2D eigenvalue weighted by Crippen LogP contribution is -2.50. The van der Waals surface area contributed by atoms with Crippen molar-refractivity contribution >= 4 is 11.8 Å². The van der Waals surface area contributed by atoms with Gasteiger partial charge < -0.3 is 9.80 Å². The summed E-state index contributed by atoms with van der Waals surface area (Å²) >= 11 is 0. The van der Waals surface area contributed by atoms with E-state index in [1.165, 1.54) is 5.56 Å². The second-order valence-corrected chi connectivity index (χ2v) is 7.99. The van der Waals surface area contributed by atoms with Crippen LogP contribution in [0.1, 0.15) is 58.1 Å². The minimum absolute atomic E-state index is 0.128. The van der Waals surface area contributed by atoms with Gasteiger partial charge in [0, 0.05) is 32.6 Å². The summed E-state index contributed by atoms with van der Waals surface area (Å²) < 4.78 is 0. The van der Waals surface area contributed by atoms with Crippen LogP contribution in [0, 0.1) is 0 Å². The molecule has 0 radical (unpaired) electrons. The first-order chi connectivity index (χ1) is 11.8. The molecule has 0 aromatic heterocycles. The molecule has 0 saturated carbocycles. The van der Waals surface area contributed by atoms with Gasteiger partial charge in [-0.3, -0.25) is 9.59 Å². The number of nitrogens with zero attached hydrogens (tertiary/aromatic N) is 2. The summed E-state index contributed by atoms with van der Waals surface area (Å²) in [5.74, 6) is 0.385. The lowest BCUT2D eigenvalue weighted by Gasteiger charge is -2.35. The van der Waals surface area contributed by atoms with Crippen molar-refractivity contribution in [2.45, 2.75) is 58.8 Å². The Hall–Kier alpha value is -1.84. The molecule has 0 unspecified atom stereocenters. The van der Waals surface area contributed by atoms with E-state index in [0.29, 0.717) is 39.0 Å². The molecule has 2 rings (SSSR count). The molecule has 0 spiro atoms. The fourth-order valence-corrected chi connectivity index (χ4v) is 3.10. The number of hydrogen-bond acceptors (Lipinski definition) is 2. The van der Waals surface area contributed by atoms with Crippen LogP contribution in [0.4, 0.5) is 0 Å². The van der Waals surface area contributed by atoms with Crippen LogP contribution in [0.3, 0.4) is 0 Å². The molecule has 1 saturated heterocycles. The van der Waals surface area contributed by atoms with E-state index in [0.717, 1.165) is 18.4 Å². The lowest BCUT2D eigenvalue weighted by atomic mass is 9.86. The van der Waals surface area contributed by atoms with Gasteiger partial charge >= 0.3 is 0 Å². The average Bonchev–Trinajstić information content (AvgIpc) is 2.59. The number of hydrogen-bond donors (Lipinski definition) is 0. The molecule has 4 nitrogen and oxygen atoms in total. The minimum Gasteiger partial charge on any atom is -0.339 e. The molecule has 0 N–H and O–H groups in total. The Morgan fingerprint density at radius 1 is 0.920 bits per heavy atom. The van der Waals surface area contributed by atoms with Gasteiger partial charge in [0.25, 0.3) is 0 Å². The molecule has 1 fully saturated rings. The Labute approximate surface area is 152 Å². The highest BCUT2D eigenvalue weighted by Gasteiger charge is 2.23. The third-order valence-corrected chi connectivity index (χ3v) is 4.90. The number of rotatable bonds is 5. The fourth-order valence-electron chi connectivity index (χ4n) is 3.10. The average molecular weight is 344 g/mol. The molecule has 1 aromatic rings. The number of unbranched alkanes of at least 4 members (excludes halogenated alkanes) is 1. The molecule has 1 aromatic carbocycles. The molecule has 1 aliphatic heterocycles. The first-order valence-corrected chi connectivity index (χ1v) is 9.46. The third kappa shape index (κ3) is 5.58. The van der Waals surface area contributed by atoms with Gasteiger partial charge in [0.2, 0.25) is 11.8 Å². The maximum atomic E-state index is 12.5. The van der Waals surface area contributed by atoms with Crippen molar-refractivity contribution in [1.29, 1.82) is 0 Å². The molecular formula is C21H32N2O2. The van der Waals surface area contributed by atoms with E-state index < -0.39 is 0 Å². The van der Waals surface area contributed by atoms with Crippen LogP contribution in [0.2, 0.25) is 0 Å². The fraction of sp³-hybridized carbons (Fsp3) is 0.619. The van der Waals surface area contributed by atoms with Gasteiger partial charge in [-0.05, 0) is 23.0 Å². The van der Waals surface area contributed by atoms with Crippen molar-refractivity contribution in [2.24, 2.45) is 0 Å². The highest BCUT2D eigenvalue weighted by Crippen LogP contribution is 2.22. The van der Waals surface area contributed by atoms with Gasteiger partial charge in [0.05, 0.1) is 6.42 Å². The smallest absolute Gasteiger partial charge is 0.227 e. The summed E-state index contributed by atoms with van der Waals surface area (Å²) in [5, 5.41) is 0. The normalized spacial score (nSPS) is 15.4. The van der Waals surface area contributed by atoms with Crippen molar-refractivity contribution in [1.82, 2.24) is 9.80 Å². The van der Waals surface area contributed by atoms with Crippen molar-refractivity contribution in [3.05, 3.63) is 35.4 Å². The van der Waals surface area contributed by atoms with E-state index in [2.05, 4.69) is 52.0 Å².